The highest BCUT2D eigenvalue weighted by atomic mass is 32.2. The molecule has 3 heteroatoms. The van der Waals surface area contributed by atoms with Crippen LogP contribution in [0.3, 0.4) is 0 Å². The largest absolute Gasteiger partial charge is 0.340 e. The van der Waals surface area contributed by atoms with Crippen molar-refractivity contribution in [1.82, 2.24) is 0 Å². The normalized spacial score (nSPS) is 12.7. The third kappa shape index (κ3) is 4.75. The van der Waals surface area contributed by atoms with Gasteiger partial charge in [0.1, 0.15) is 6.29 Å². The molecule has 166 valence electrons. The van der Waals surface area contributed by atoms with Crippen molar-refractivity contribution in [3.05, 3.63) is 119 Å². The number of hydrogen-bond acceptors (Lipinski definition) is 3. The summed E-state index contributed by atoms with van der Waals surface area (Å²) < 4.78 is 0. The lowest BCUT2D eigenvalue weighted by molar-refractivity contribution is 0.112. The van der Waals surface area contributed by atoms with Gasteiger partial charge in [0, 0.05) is 21.9 Å². The average molecular weight is 460 g/mol. The topological polar surface area (TPSA) is 20.3 Å². The summed E-state index contributed by atoms with van der Waals surface area (Å²) in [6, 6.07) is 31.4. The van der Waals surface area contributed by atoms with Crippen LogP contribution in [0.25, 0.3) is 24.3 Å². The Labute approximate surface area is 205 Å². The van der Waals surface area contributed by atoms with Gasteiger partial charge >= 0.3 is 0 Å². The van der Waals surface area contributed by atoms with E-state index in [9.17, 15) is 4.79 Å². The molecule has 0 amide bonds. The number of rotatable bonds is 6. The van der Waals surface area contributed by atoms with Crippen molar-refractivity contribution in [2.75, 3.05) is 11.4 Å². The maximum Gasteiger partial charge on any atom is 0.150 e. The van der Waals surface area contributed by atoms with E-state index in [4.69, 9.17) is 0 Å². The highest BCUT2D eigenvalue weighted by Gasteiger charge is 2.21. The minimum absolute atomic E-state index is 0.693. The van der Waals surface area contributed by atoms with Gasteiger partial charge in [0.25, 0.3) is 0 Å². The number of carbonyl (C=O) groups is 1. The van der Waals surface area contributed by atoms with E-state index in [0.717, 1.165) is 24.0 Å². The van der Waals surface area contributed by atoms with Crippen LogP contribution in [0.15, 0.2) is 101 Å². The Morgan fingerprint density at radius 3 is 1.71 bits per heavy atom. The molecule has 0 saturated carbocycles. The van der Waals surface area contributed by atoms with Gasteiger partial charge in [-0.3, -0.25) is 4.79 Å². The van der Waals surface area contributed by atoms with Crippen molar-refractivity contribution < 1.29 is 4.79 Å². The molecule has 0 unspecified atom stereocenters. The van der Waals surface area contributed by atoms with Crippen molar-refractivity contribution in [3.8, 4) is 0 Å². The summed E-state index contributed by atoms with van der Waals surface area (Å²) in [4.78, 5) is 15.8. The van der Waals surface area contributed by atoms with Crippen LogP contribution in [0.4, 0.5) is 11.4 Å². The molecule has 0 saturated heterocycles. The predicted octanol–water partition coefficient (Wildman–Crippen LogP) is 8.46. The number of fused-ring (bicyclic) bond motifs is 2. The van der Waals surface area contributed by atoms with Crippen LogP contribution < -0.4 is 4.90 Å². The first-order valence-corrected chi connectivity index (χ1v) is 12.2. The van der Waals surface area contributed by atoms with Crippen molar-refractivity contribution in [2.45, 2.75) is 16.7 Å². The second kappa shape index (κ2) is 9.98. The number of anilines is 2. The summed E-state index contributed by atoms with van der Waals surface area (Å²) in [7, 11) is 0. The first-order chi connectivity index (χ1) is 16.7. The molecule has 0 aromatic heterocycles. The van der Waals surface area contributed by atoms with Crippen LogP contribution in [-0.4, -0.2) is 12.8 Å². The van der Waals surface area contributed by atoms with E-state index < -0.39 is 0 Å². The SMILES string of the molecule is CCN1c2ccccc2Sc2cc(/C=C/c3ccc(/C=C/c4ccc(C=O)cc4)cc3)ccc21. The zero-order chi connectivity index (χ0) is 23.3. The van der Waals surface area contributed by atoms with Crippen LogP contribution in [0.5, 0.6) is 0 Å². The van der Waals surface area contributed by atoms with E-state index in [0.29, 0.717) is 5.56 Å². The van der Waals surface area contributed by atoms with Crippen LogP contribution in [-0.2, 0) is 0 Å². The van der Waals surface area contributed by atoms with Gasteiger partial charge < -0.3 is 4.90 Å². The van der Waals surface area contributed by atoms with Crippen LogP contribution in [0, 0.1) is 0 Å². The van der Waals surface area contributed by atoms with Crippen LogP contribution in [0.1, 0.15) is 39.5 Å². The number of nitrogens with zero attached hydrogens (tertiary/aromatic N) is 1. The highest BCUT2D eigenvalue weighted by Crippen LogP contribution is 2.48. The lowest BCUT2D eigenvalue weighted by atomic mass is 10.1. The van der Waals surface area contributed by atoms with Gasteiger partial charge in [0.2, 0.25) is 0 Å². The van der Waals surface area contributed by atoms with E-state index in [1.807, 2.05) is 36.0 Å². The van der Waals surface area contributed by atoms with E-state index >= 15 is 0 Å². The van der Waals surface area contributed by atoms with E-state index in [1.165, 1.54) is 32.3 Å². The fourth-order valence-electron chi connectivity index (χ4n) is 4.08. The molecule has 0 atom stereocenters. The molecule has 34 heavy (non-hydrogen) atoms. The fourth-order valence-corrected chi connectivity index (χ4v) is 5.23. The Hall–Kier alpha value is -3.82. The number of benzene rings is 4. The lowest BCUT2D eigenvalue weighted by Gasteiger charge is -2.32. The monoisotopic (exact) mass is 459 g/mol. The van der Waals surface area contributed by atoms with E-state index in [-0.39, 0.29) is 0 Å². The molecule has 0 fully saturated rings. The lowest BCUT2D eigenvalue weighted by Crippen LogP contribution is -2.19. The fraction of sp³-hybridized carbons (Fsp3) is 0.0645. The van der Waals surface area contributed by atoms with Gasteiger partial charge in [-0.15, -0.1) is 0 Å². The smallest absolute Gasteiger partial charge is 0.150 e. The molecule has 4 aromatic carbocycles. The number of hydrogen-bond donors (Lipinski definition) is 0. The van der Waals surface area contributed by atoms with Gasteiger partial charge in [-0.2, -0.15) is 0 Å². The summed E-state index contributed by atoms with van der Waals surface area (Å²) in [5.41, 5.74) is 7.84. The molecule has 0 aliphatic carbocycles. The molecule has 1 aliphatic rings. The van der Waals surface area contributed by atoms with Gasteiger partial charge in [-0.25, -0.2) is 0 Å². The van der Waals surface area contributed by atoms with Gasteiger partial charge in [0.05, 0.1) is 11.4 Å². The van der Waals surface area contributed by atoms with Crippen molar-refractivity contribution in [2.24, 2.45) is 0 Å². The Morgan fingerprint density at radius 2 is 1.12 bits per heavy atom. The summed E-state index contributed by atoms with van der Waals surface area (Å²) in [6.07, 6.45) is 9.34. The summed E-state index contributed by atoms with van der Waals surface area (Å²) in [5, 5.41) is 0. The maximum atomic E-state index is 10.8. The van der Waals surface area contributed by atoms with Gasteiger partial charge in [-0.05, 0) is 53.4 Å². The van der Waals surface area contributed by atoms with E-state index in [1.54, 1.807) is 0 Å². The van der Waals surface area contributed by atoms with Crippen molar-refractivity contribution in [3.63, 3.8) is 0 Å². The molecule has 1 heterocycles. The Morgan fingerprint density at radius 1 is 0.618 bits per heavy atom. The average Bonchev–Trinajstić information content (AvgIpc) is 2.90. The zero-order valence-corrected chi connectivity index (χ0v) is 19.8. The molecule has 1 aliphatic heterocycles. The molecule has 0 N–H and O–H groups in total. The first kappa shape index (κ1) is 22.0. The van der Waals surface area contributed by atoms with Gasteiger partial charge in [-0.1, -0.05) is 103 Å². The Kier molecular flexibility index (Phi) is 6.46. The summed E-state index contributed by atoms with van der Waals surface area (Å²) in [6.45, 7) is 3.15. The molecule has 2 nitrogen and oxygen atoms in total. The predicted molar refractivity (Wildman–Crippen MR) is 146 cm³/mol. The highest BCUT2D eigenvalue weighted by molar-refractivity contribution is 7.99. The maximum absolute atomic E-state index is 10.8. The first-order valence-electron chi connectivity index (χ1n) is 11.4. The Bertz CT molecular complexity index is 1370. The molecule has 4 aromatic rings. The van der Waals surface area contributed by atoms with E-state index in [2.05, 4.69) is 103 Å². The third-order valence-corrected chi connectivity index (χ3v) is 7.02. The molecule has 0 radical (unpaired) electrons. The Balaban J connectivity index is 1.29. The van der Waals surface area contributed by atoms with Crippen LogP contribution >= 0.6 is 11.8 Å². The second-order valence-electron chi connectivity index (χ2n) is 8.16. The van der Waals surface area contributed by atoms with Crippen LogP contribution in [0.2, 0.25) is 0 Å². The summed E-state index contributed by atoms with van der Waals surface area (Å²) in [5.74, 6) is 0. The third-order valence-electron chi connectivity index (χ3n) is 5.91. The minimum Gasteiger partial charge on any atom is -0.340 e. The number of para-hydroxylation sites is 1. The molecular weight excluding hydrogens is 434 g/mol. The minimum atomic E-state index is 0.693. The molecule has 0 bridgehead atoms. The second-order valence-corrected chi connectivity index (χ2v) is 9.24. The standard InChI is InChI=1S/C31H25NOS/c1-2-32-28-5-3-4-6-30(28)34-31-21-26(19-20-29(31)32)16-13-24-10-7-23(8-11-24)9-12-25-14-17-27(22-33)18-15-25/h3-22H,2H2,1H3/b12-9+,16-13+. The van der Waals surface area contributed by atoms with Crippen molar-refractivity contribution in [1.29, 1.82) is 0 Å². The quantitative estimate of drug-likeness (QED) is 0.213. The number of carbonyl (C=O) groups excluding carboxylic acids is 1. The molecule has 5 rings (SSSR count). The zero-order valence-electron chi connectivity index (χ0n) is 19.0. The molecular formula is C31H25NOS. The van der Waals surface area contributed by atoms with Crippen molar-refractivity contribution >= 4 is 53.7 Å². The van der Waals surface area contributed by atoms with Gasteiger partial charge in [0.15, 0.2) is 0 Å². The molecule has 0 spiro atoms. The number of aldehydes is 1. The summed E-state index contributed by atoms with van der Waals surface area (Å²) >= 11 is 1.84.